The van der Waals surface area contributed by atoms with Crippen LogP contribution in [0.4, 0.5) is 11.4 Å². The maximum atomic E-state index is 12.8. The average Bonchev–Trinajstić information content (AvgIpc) is 2.72. The molecule has 2 amide bonds. The van der Waals surface area contributed by atoms with Gasteiger partial charge in [-0.15, -0.1) is 0 Å². The summed E-state index contributed by atoms with van der Waals surface area (Å²) in [6, 6.07) is 9.97. The molecule has 2 heterocycles. The van der Waals surface area contributed by atoms with Crippen LogP contribution in [0.25, 0.3) is 11.0 Å². The van der Waals surface area contributed by atoms with Crippen molar-refractivity contribution in [1.82, 2.24) is 0 Å². The third-order valence-electron chi connectivity index (χ3n) is 5.29. The first-order valence-corrected chi connectivity index (χ1v) is 10.3. The van der Waals surface area contributed by atoms with Crippen LogP contribution >= 0.6 is 0 Å². The van der Waals surface area contributed by atoms with E-state index in [0.717, 1.165) is 24.0 Å². The van der Waals surface area contributed by atoms with Crippen LogP contribution in [0.3, 0.4) is 0 Å². The van der Waals surface area contributed by atoms with Gasteiger partial charge in [-0.05, 0) is 55.7 Å². The van der Waals surface area contributed by atoms with Gasteiger partial charge < -0.3 is 19.4 Å². The molecule has 3 aromatic rings. The number of carbonyl (C=O) groups is 2. The Balaban J connectivity index is 1.64. The van der Waals surface area contributed by atoms with E-state index in [1.807, 2.05) is 19.9 Å². The number of unbranched alkanes of at least 4 members (excludes halogenated alkanes) is 1. The number of ether oxygens (including phenoxy) is 1. The third kappa shape index (κ3) is 4.03. The summed E-state index contributed by atoms with van der Waals surface area (Å²) in [5.41, 5.74) is 2.96. The van der Waals surface area contributed by atoms with E-state index in [4.69, 9.17) is 9.15 Å². The number of aryl methyl sites for hydroxylation is 2. The fourth-order valence-corrected chi connectivity index (χ4v) is 3.81. The molecule has 7 nitrogen and oxygen atoms in total. The zero-order chi connectivity index (χ0) is 22.1. The molecule has 0 aliphatic carbocycles. The maximum Gasteiger partial charge on any atom is 0.291 e. The van der Waals surface area contributed by atoms with Gasteiger partial charge in [-0.3, -0.25) is 14.4 Å². The zero-order valence-corrected chi connectivity index (χ0v) is 17.8. The van der Waals surface area contributed by atoms with Crippen LogP contribution in [0.5, 0.6) is 5.75 Å². The fourth-order valence-electron chi connectivity index (χ4n) is 3.81. The van der Waals surface area contributed by atoms with Gasteiger partial charge in [0.1, 0.15) is 11.3 Å². The van der Waals surface area contributed by atoms with Gasteiger partial charge in [0, 0.05) is 18.3 Å². The number of rotatable bonds is 5. The van der Waals surface area contributed by atoms with E-state index < -0.39 is 5.91 Å². The molecular weight excluding hydrogens is 396 g/mol. The number of carbonyl (C=O) groups excluding carboxylic acids is 2. The van der Waals surface area contributed by atoms with Gasteiger partial charge in [0.15, 0.2) is 17.8 Å². The molecule has 0 spiro atoms. The van der Waals surface area contributed by atoms with Crippen molar-refractivity contribution >= 4 is 34.2 Å². The molecule has 4 rings (SSSR count). The Bertz CT molecular complexity index is 1240. The lowest BCUT2D eigenvalue weighted by atomic mass is 10.1. The predicted molar refractivity (Wildman–Crippen MR) is 119 cm³/mol. The smallest absolute Gasteiger partial charge is 0.291 e. The number of hydrogen-bond donors (Lipinski definition) is 1. The van der Waals surface area contributed by atoms with Crippen molar-refractivity contribution in [2.75, 3.05) is 23.4 Å². The molecule has 1 N–H and O–H groups in total. The van der Waals surface area contributed by atoms with Crippen LogP contribution < -0.4 is 20.4 Å². The topological polar surface area (TPSA) is 88.9 Å². The molecule has 1 aliphatic rings. The van der Waals surface area contributed by atoms with E-state index in [0.29, 0.717) is 34.6 Å². The van der Waals surface area contributed by atoms with Gasteiger partial charge in [0.2, 0.25) is 0 Å². The van der Waals surface area contributed by atoms with Gasteiger partial charge in [-0.2, -0.15) is 0 Å². The predicted octanol–water partition coefficient (Wildman–Crippen LogP) is 4.19. The van der Waals surface area contributed by atoms with Crippen molar-refractivity contribution in [3.05, 3.63) is 63.5 Å². The Labute approximate surface area is 179 Å². The maximum absolute atomic E-state index is 12.8. The molecule has 31 heavy (non-hydrogen) atoms. The lowest BCUT2D eigenvalue weighted by Crippen LogP contribution is -2.39. The largest absolute Gasteiger partial charge is 0.482 e. The van der Waals surface area contributed by atoms with E-state index in [1.165, 1.54) is 6.07 Å². The van der Waals surface area contributed by atoms with Crippen molar-refractivity contribution in [3.63, 3.8) is 0 Å². The Hall–Kier alpha value is -3.61. The first-order chi connectivity index (χ1) is 14.9. The molecule has 0 saturated carbocycles. The minimum Gasteiger partial charge on any atom is -0.482 e. The summed E-state index contributed by atoms with van der Waals surface area (Å²) in [5.74, 6) is -0.135. The van der Waals surface area contributed by atoms with Gasteiger partial charge in [-0.25, -0.2) is 0 Å². The third-order valence-corrected chi connectivity index (χ3v) is 5.29. The van der Waals surface area contributed by atoms with Crippen molar-refractivity contribution in [1.29, 1.82) is 0 Å². The summed E-state index contributed by atoms with van der Waals surface area (Å²) >= 11 is 0. The lowest BCUT2D eigenvalue weighted by Gasteiger charge is -2.29. The Morgan fingerprint density at radius 1 is 1.13 bits per heavy atom. The summed E-state index contributed by atoms with van der Waals surface area (Å²) in [6.45, 7) is 6.39. The van der Waals surface area contributed by atoms with Crippen LogP contribution in [-0.2, 0) is 4.79 Å². The van der Waals surface area contributed by atoms with E-state index in [9.17, 15) is 14.4 Å². The second-order valence-electron chi connectivity index (χ2n) is 7.75. The highest BCUT2D eigenvalue weighted by atomic mass is 16.5. The first kappa shape index (κ1) is 20.7. The Morgan fingerprint density at radius 2 is 1.94 bits per heavy atom. The van der Waals surface area contributed by atoms with E-state index in [1.54, 1.807) is 29.2 Å². The monoisotopic (exact) mass is 420 g/mol. The van der Waals surface area contributed by atoms with Crippen molar-refractivity contribution < 1.29 is 18.7 Å². The molecular formula is C24H24N2O5. The Morgan fingerprint density at radius 3 is 2.71 bits per heavy atom. The summed E-state index contributed by atoms with van der Waals surface area (Å²) in [4.78, 5) is 39.3. The van der Waals surface area contributed by atoms with Crippen LogP contribution in [-0.4, -0.2) is 25.0 Å². The standard InChI is InChI=1S/C24H24N2O5/c1-4-5-8-26-17-11-16(6-7-19(17)30-13-22(26)28)25-24(29)21-12-18(27)23-15(3)9-14(2)10-20(23)31-21/h6-7,9-12H,4-5,8,13H2,1-3H3,(H,25,29). The van der Waals surface area contributed by atoms with Gasteiger partial charge in [0.05, 0.1) is 11.1 Å². The SMILES string of the molecule is CCCCN1C(=O)COc2ccc(NC(=O)c3cc(=O)c4c(C)cc(C)cc4o3)cc21. The number of anilines is 2. The van der Waals surface area contributed by atoms with Gasteiger partial charge >= 0.3 is 0 Å². The summed E-state index contributed by atoms with van der Waals surface area (Å²) in [7, 11) is 0. The van der Waals surface area contributed by atoms with E-state index in [2.05, 4.69) is 12.2 Å². The van der Waals surface area contributed by atoms with Crippen LogP contribution in [0.2, 0.25) is 0 Å². The zero-order valence-electron chi connectivity index (χ0n) is 17.8. The van der Waals surface area contributed by atoms with Crippen LogP contribution in [0, 0.1) is 13.8 Å². The number of nitrogens with one attached hydrogen (secondary N) is 1. The lowest BCUT2D eigenvalue weighted by molar-refractivity contribution is -0.121. The number of benzene rings is 2. The van der Waals surface area contributed by atoms with Gasteiger partial charge in [-0.1, -0.05) is 19.4 Å². The molecule has 1 aromatic heterocycles. The minimum absolute atomic E-state index is 0.00347. The molecule has 0 bridgehead atoms. The molecule has 0 unspecified atom stereocenters. The van der Waals surface area contributed by atoms with Crippen LogP contribution in [0.1, 0.15) is 41.4 Å². The fraction of sp³-hybridized carbons (Fsp3) is 0.292. The highest BCUT2D eigenvalue weighted by Crippen LogP contribution is 2.35. The summed E-state index contributed by atoms with van der Waals surface area (Å²) < 4.78 is 11.3. The molecule has 0 fully saturated rings. The number of fused-ring (bicyclic) bond motifs is 2. The molecule has 2 aromatic carbocycles. The van der Waals surface area contributed by atoms with Crippen LogP contribution in [0.15, 0.2) is 45.6 Å². The molecule has 0 saturated heterocycles. The average molecular weight is 420 g/mol. The van der Waals surface area contributed by atoms with Crippen molar-refractivity contribution in [3.8, 4) is 5.75 Å². The number of amides is 2. The summed E-state index contributed by atoms with van der Waals surface area (Å²) in [5, 5.41) is 3.23. The second kappa shape index (κ2) is 8.26. The van der Waals surface area contributed by atoms with Crippen molar-refractivity contribution in [2.24, 2.45) is 0 Å². The van der Waals surface area contributed by atoms with E-state index in [-0.39, 0.29) is 23.7 Å². The van der Waals surface area contributed by atoms with Crippen molar-refractivity contribution in [2.45, 2.75) is 33.6 Å². The number of hydrogen-bond acceptors (Lipinski definition) is 5. The molecule has 7 heteroatoms. The number of nitrogens with zero attached hydrogens (tertiary/aromatic N) is 1. The molecule has 160 valence electrons. The van der Waals surface area contributed by atoms with Gasteiger partial charge in [0.25, 0.3) is 11.8 Å². The highest BCUT2D eigenvalue weighted by molar-refractivity contribution is 6.04. The first-order valence-electron chi connectivity index (χ1n) is 10.3. The molecule has 0 atom stereocenters. The minimum atomic E-state index is -0.540. The highest BCUT2D eigenvalue weighted by Gasteiger charge is 2.25. The summed E-state index contributed by atoms with van der Waals surface area (Å²) in [6.07, 6.45) is 1.82. The molecule has 0 radical (unpaired) electrons. The quantitative estimate of drug-likeness (QED) is 0.669. The van der Waals surface area contributed by atoms with E-state index >= 15 is 0 Å². The molecule has 1 aliphatic heterocycles. The normalized spacial score (nSPS) is 13.1. The Kier molecular flexibility index (Phi) is 5.50. The second-order valence-corrected chi connectivity index (χ2v) is 7.75.